The molecule has 0 amide bonds. The first-order chi connectivity index (χ1) is 10.6. The summed E-state index contributed by atoms with van der Waals surface area (Å²) in [5.74, 6) is 1.58. The summed E-state index contributed by atoms with van der Waals surface area (Å²) in [7, 11) is 1.66. The van der Waals surface area contributed by atoms with E-state index in [0.717, 1.165) is 23.1 Å². The molecular weight excluding hydrogens is 280 g/mol. The summed E-state index contributed by atoms with van der Waals surface area (Å²) in [5.41, 5.74) is 14.1. The van der Waals surface area contributed by atoms with Crippen LogP contribution in [0.1, 0.15) is 24.0 Å². The minimum Gasteiger partial charge on any atom is -0.497 e. The first-order valence-electron chi connectivity index (χ1n) is 7.01. The Bertz CT molecular complexity index is 813. The summed E-state index contributed by atoms with van der Waals surface area (Å²) >= 11 is 0. The van der Waals surface area contributed by atoms with Crippen LogP contribution in [0.5, 0.6) is 5.75 Å². The van der Waals surface area contributed by atoms with Gasteiger partial charge >= 0.3 is 0 Å². The lowest BCUT2D eigenvalue weighted by Crippen LogP contribution is -2.02. The number of fused-ring (bicyclic) bond motifs is 1. The van der Waals surface area contributed by atoms with E-state index >= 15 is 0 Å². The molecular formula is C16H18N4O2. The number of nitrogens with two attached hydrogens (primary N) is 2. The molecule has 0 fully saturated rings. The second-order valence-corrected chi connectivity index (χ2v) is 5.29. The van der Waals surface area contributed by atoms with Crippen LogP contribution in [-0.4, -0.2) is 17.1 Å². The molecule has 0 aliphatic carbocycles. The summed E-state index contributed by atoms with van der Waals surface area (Å²) in [4.78, 5) is 8.07. The molecule has 0 saturated carbocycles. The van der Waals surface area contributed by atoms with Gasteiger partial charge in [-0.25, -0.2) is 0 Å². The van der Waals surface area contributed by atoms with Gasteiger partial charge in [-0.1, -0.05) is 19.1 Å². The highest BCUT2D eigenvalue weighted by Crippen LogP contribution is 2.30. The van der Waals surface area contributed by atoms with Gasteiger partial charge in [-0.05, 0) is 30.0 Å². The van der Waals surface area contributed by atoms with E-state index in [-0.39, 0.29) is 11.9 Å². The SMILES string of the molecule is COc1cccc(C(C)Cc2coc3nc(N)nc(N)c23)c1. The van der Waals surface area contributed by atoms with E-state index in [2.05, 4.69) is 23.0 Å². The Morgan fingerprint density at radius 2 is 2.09 bits per heavy atom. The first kappa shape index (κ1) is 14.2. The molecule has 0 aliphatic heterocycles. The lowest BCUT2D eigenvalue weighted by molar-refractivity contribution is 0.414. The third-order valence-electron chi connectivity index (χ3n) is 3.74. The third-order valence-corrected chi connectivity index (χ3v) is 3.74. The summed E-state index contributed by atoms with van der Waals surface area (Å²) in [6, 6.07) is 8.02. The van der Waals surface area contributed by atoms with Crippen molar-refractivity contribution in [2.45, 2.75) is 19.3 Å². The molecule has 1 atom stereocenters. The molecule has 3 rings (SSSR count). The van der Waals surface area contributed by atoms with Crippen LogP contribution in [0, 0.1) is 0 Å². The lowest BCUT2D eigenvalue weighted by Gasteiger charge is -2.12. The molecule has 0 aliphatic rings. The minimum absolute atomic E-state index is 0.117. The molecule has 6 nitrogen and oxygen atoms in total. The molecule has 0 bridgehead atoms. The number of anilines is 2. The maximum absolute atomic E-state index is 5.95. The number of benzene rings is 1. The van der Waals surface area contributed by atoms with E-state index in [0.29, 0.717) is 11.5 Å². The van der Waals surface area contributed by atoms with Gasteiger partial charge in [0.25, 0.3) is 0 Å². The van der Waals surface area contributed by atoms with Crippen molar-refractivity contribution in [1.29, 1.82) is 0 Å². The number of hydrogen-bond donors (Lipinski definition) is 2. The van der Waals surface area contributed by atoms with Crippen LogP contribution in [0.25, 0.3) is 11.1 Å². The average Bonchev–Trinajstić information content (AvgIpc) is 2.90. The van der Waals surface area contributed by atoms with Gasteiger partial charge in [0.1, 0.15) is 11.6 Å². The molecule has 1 unspecified atom stereocenters. The molecule has 22 heavy (non-hydrogen) atoms. The van der Waals surface area contributed by atoms with Crippen molar-refractivity contribution in [3.8, 4) is 5.75 Å². The number of rotatable bonds is 4. The molecule has 0 radical (unpaired) electrons. The number of methoxy groups -OCH3 is 1. The highest BCUT2D eigenvalue weighted by atomic mass is 16.5. The van der Waals surface area contributed by atoms with Gasteiger partial charge in [-0.3, -0.25) is 0 Å². The monoisotopic (exact) mass is 298 g/mol. The molecule has 6 heteroatoms. The fourth-order valence-electron chi connectivity index (χ4n) is 2.59. The van der Waals surface area contributed by atoms with Gasteiger partial charge in [0, 0.05) is 5.56 Å². The fourth-order valence-corrected chi connectivity index (χ4v) is 2.59. The van der Waals surface area contributed by atoms with E-state index < -0.39 is 0 Å². The number of nitrogens with zero attached hydrogens (tertiary/aromatic N) is 2. The third kappa shape index (κ3) is 2.55. The second kappa shape index (κ2) is 5.55. The van der Waals surface area contributed by atoms with Crippen molar-refractivity contribution in [1.82, 2.24) is 9.97 Å². The van der Waals surface area contributed by atoms with Crippen molar-refractivity contribution in [2.24, 2.45) is 0 Å². The van der Waals surface area contributed by atoms with Gasteiger partial charge in [0.15, 0.2) is 0 Å². The topological polar surface area (TPSA) is 100 Å². The Morgan fingerprint density at radius 3 is 2.86 bits per heavy atom. The fraction of sp³-hybridized carbons (Fsp3) is 0.250. The molecule has 4 N–H and O–H groups in total. The predicted molar refractivity (Wildman–Crippen MR) is 85.7 cm³/mol. The highest BCUT2D eigenvalue weighted by Gasteiger charge is 2.16. The molecule has 1 aromatic carbocycles. The van der Waals surface area contributed by atoms with E-state index in [1.165, 1.54) is 5.56 Å². The van der Waals surface area contributed by atoms with E-state index in [9.17, 15) is 0 Å². The Morgan fingerprint density at radius 1 is 1.27 bits per heavy atom. The smallest absolute Gasteiger partial charge is 0.233 e. The van der Waals surface area contributed by atoms with Crippen LogP contribution in [-0.2, 0) is 6.42 Å². The summed E-state index contributed by atoms with van der Waals surface area (Å²) in [6.45, 7) is 2.14. The number of nitrogen functional groups attached to an aromatic ring is 2. The van der Waals surface area contributed by atoms with E-state index in [4.69, 9.17) is 20.6 Å². The van der Waals surface area contributed by atoms with E-state index in [1.54, 1.807) is 13.4 Å². The van der Waals surface area contributed by atoms with Crippen LogP contribution in [0.15, 0.2) is 34.9 Å². The number of furan rings is 1. The number of aromatic nitrogens is 2. The second-order valence-electron chi connectivity index (χ2n) is 5.29. The minimum atomic E-state index is 0.117. The summed E-state index contributed by atoms with van der Waals surface area (Å²) in [6.07, 6.45) is 2.43. The van der Waals surface area contributed by atoms with Crippen molar-refractivity contribution in [2.75, 3.05) is 18.6 Å². The summed E-state index contributed by atoms with van der Waals surface area (Å²) < 4.78 is 10.7. The van der Waals surface area contributed by atoms with Gasteiger partial charge < -0.3 is 20.6 Å². The average molecular weight is 298 g/mol. The number of ether oxygens (including phenoxy) is 1. The predicted octanol–water partition coefficient (Wildman–Crippen LogP) is 2.74. The van der Waals surface area contributed by atoms with Crippen LogP contribution < -0.4 is 16.2 Å². The molecule has 2 aromatic heterocycles. The quantitative estimate of drug-likeness (QED) is 0.768. The lowest BCUT2D eigenvalue weighted by atomic mass is 9.94. The van der Waals surface area contributed by atoms with Gasteiger partial charge in [-0.2, -0.15) is 9.97 Å². The maximum Gasteiger partial charge on any atom is 0.233 e. The summed E-state index contributed by atoms with van der Waals surface area (Å²) in [5, 5.41) is 0.740. The van der Waals surface area contributed by atoms with Gasteiger partial charge in [-0.15, -0.1) is 0 Å². The standard InChI is InChI=1S/C16H18N4O2/c1-9(10-4-3-5-12(7-10)21-2)6-11-8-22-15-13(11)14(17)19-16(18)20-15/h3-5,7-9H,6H2,1-2H3,(H4,17,18,19,20). The highest BCUT2D eigenvalue weighted by molar-refractivity contribution is 5.88. The molecule has 0 spiro atoms. The van der Waals surface area contributed by atoms with Gasteiger partial charge in [0.2, 0.25) is 11.7 Å². The van der Waals surface area contributed by atoms with Crippen LogP contribution in [0.3, 0.4) is 0 Å². The Labute approximate surface area is 128 Å². The molecule has 114 valence electrons. The molecule has 0 saturated heterocycles. The van der Waals surface area contributed by atoms with Crippen molar-refractivity contribution in [3.05, 3.63) is 41.7 Å². The largest absolute Gasteiger partial charge is 0.497 e. The van der Waals surface area contributed by atoms with Crippen molar-refractivity contribution >= 4 is 22.9 Å². The van der Waals surface area contributed by atoms with Crippen molar-refractivity contribution < 1.29 is 9.15 Å². The van der Waals surface area contributed by atoms with Crippen LogP contribution in [0.4, 0.5) is 11.8 Å². The Balaban J connectivity index is 1.92. The van der Waals surface area contributed by atoms with Gasteiger partial charge in [0.05, 0.1) is 18.8 Å². The van der Waals surface area contributed by atoms with Crippen molar-refractivity contribution in [3.63, 3.8) is 0 Å². The molecule has 3 aromatic rings. The zero-order chi connectivity index (χ0) is 15.7. The Kier molecular flexibility index (Phi) is 3.58. The van der Waals surface area contributed by atoms with E-state index in [1.807, 2.05) is 18.2 Å². The zero-order valence-electron chi connectivity index (χ0n) is 12.5. The van der Waals surface area contributed by atoms with Crippen LogP contribution in [0.2, 0.25) is 0 Å². The normalized spacial score (nSPS) is 12.5. The first-order valence-corrected chi connectivity index (χ1v) is 7.01. The number of hydrogen-bond acceptors (Lipinski definition) is 6. The zero-order valence-corrected chi connectivity index (χ0v) is 12.5. The van der Waals surface area contributed by atoms with Crippen LogP contribution >= 0.6 is 0 Å². The molecule has 2 heterocycles. The maximum atomic E-state index is 5.95. The Hall–Kier alpha value is -2.76.